The van der Waals surface area contributed by atoms with E-state index in [2.05, 4.69) is 6.92 Å². The first-order chi connectivity index (χ1) is 10.3. The van der Waals surface area contributed by atoms with Gasteiger partial charge in [0, 0.05) is 11.1 Å². The van der Waals surface area contributed by atoms with Crippen LogP contribution < -0.4 is 0 Å². The monoisotopic (exact) mass is 312 g/mol. The molecule has 0 aliphatic rings. The molecule has 4 nitrogen and oxygen atoms in total. The van der Waals surface area contributed by atoms with Crippen molar-refractivity contribution in [1.82, 2.24) is 0 Å². The maximum Gasteiger partial charge on any atom is 0.334 e. The summed E-state index contributed by atoms with van der Waals surface area (Å²) in [5.41, 5.74) is 0.859. The van der Waals surface area contributed by atoms with Gasteiger partial charge in [0.25, 0.3) is 0 Å². The average molecular weight is 312 g/mol. The lowest BCUT2D eigenvalue weighted by Gasteiger charge is -2.22. The molecule has 0 rings (SSSR count). The predicted octanol–water partition coefficient (Wildman–Crippen LogP) is 4.43. The van der Waals surface area contributed by atoms with Gasteiger partial charge in [-0.25, -0.2) is 9.59 Å². The van der Waals surface area contributed by atoms with Crippen molar-refractivity contribution >= 4 is 11.9 Å². The SMILES string of the molecule is CCCCCC(C(=O)OCC)=C(CC(C)(C)C)C(=O)OCC. The average Bonchev–Trinajstić information content (AvgIpc) is 2.41. The smallest absolute Gasteiger partial charge is 0.334 e. The van der Waals surface area contributed by atoms with Crippen LogP contribution in [0.5, 0.6) is 0 Å². The van der Waals surface area contributed by atoms with Gasteiger partial charge in [0.15, 0.2) is 0 Å². The Morgan fingerprint density at radius 3 is 1.73 bits per heavy atom. The van der Waals surface area contributed by atoms with E-state index in [1.54, 1.807) is 13.8 Å². The molecule has 22 heavy (non-hydrogen) atoms. The van der Waals surface area contributed by atoms with Crippen molar-refractivity contribution in [2.24, 2.45) is 5.41 Å². The van der Waals surface area contributed by atoms with Crippen molar-refractivity contribution < 1.29 is 19.1 Å². The summed E-state index contributed by atoms with van der Waals surface area (Å²) in [5.74, 6) is -0.775. The summed E-state index contributed by atoms with van der Waals surface area (Å²) in [6.07, 6.45) is 4.03. The second-order valence-electron chi connectivity index (χ2n) is 6.59. The number of carbonyl (C=O) groups is 2. The second kappa shape index (κ2) is 10.4. The van der Waals surface area contributed by atoms with Gasteiger partial charge in [-0.1, -0.05) is 40.5 Å². The van der Waals surface area contributed by atoms with Crippen LogP contribution >= 0.6 is 0 Å². The van der Waals surface area contributed by atoms with Crippen LogP contribution in [0.25, 0.3) is 0 Å². The zero-order valence-corrected chi connectivity index (χ0v) is 15.1. The summed E-state index contributed by atoms with van der Waals surface area (Å²) < 4.78 is 10.3. The van der Waals surface area contributed by atoms with Gasteiger partial charge in [-0.3, -0.25) is 0 Å². The Balaban J connectivity index is 5.59. The highest BCUT2D eigenvalue weighted by molar-refractivity contribution is 6.00. The minimum atomic E-state index is -0.392. The fourth-order valence-electron chi connectivity index (χ4n) is 2.20. The molecule has 0 radical (unpaired) electrons. The maximum atomic E-state index is 12.3. The van der Waals surface area contributed by atoms with Crippen molar-refractivity contribution in [3.63, 3.8) is 0 Å². The Bertz CT molecular complexity index is 388. The molecule has 0 amide bonds. The molecular weight excluding hydrogens is 280 g/mol. The quantitative estimate of drug-likeness (QED) is 0.359. The summed E-state index contributed by atoms with van der Waals surface area (Å²) in [5, 5.41) is 0. The maximum absolute atomic E-state index is 12.3. The minimum absolute atomic E-state index is 0.107. The topological polar surface area (TPSA) is 52.6 Å². The molecule has 0 aromatic carbocycles. The lowest BCUT2D eigenvalue weighted by Crippen LogP contribution is -2.21. The molecule has 128 valence electrons. The van der Waals surface area contributed by atoms with Crippen LogP contribution in [0.1, 0.15) is 73.6 Å². The zero-order valence-electron chi connectivity index (χ0n) is 15.1. The Morgan fingerprint density at radius 2 is 1.32 bits per heavy atom. The lowest BCUT2D eigenvalue weighted by molar-refractivity contribution is -0.142. The predicted molar refractivity (Wildman–Crippen MR) is 88.5 cm³/mol. The molecule has 0 unspecified atom stereocenters. The summed E-state index contributed by atoms with van der Waals surface area (Å²) in [4.78, 5) is 24.6. The van der Waals surface area contributed by atoms with Crippen molar-refractivity contribution in [3.8, 4) is 0 Å². The Kier molecular flexibility index (Phi) is 9.79. The molecule has 0 spiro atoms. The molecule has 0 fully saturated rings. The lowest BCUT2D eigenvalue weighted by atomic mass is 9.85. The third-order valence-electron chi connectivity index (χ3n) is 3.15. The largest absolute Gasteiger partial charge is 0.463 e. The van der Waals surface area contributed by atoms with E-state index in [4.69, 9.17) is 9.47 Å². The number of rotatable bonds is 9. The van der Waals surface area contributed by atoms with Gasteiger partial charge in [-0.15, -0.1) is 0 Å². The summed E-state index contributed by atoms with van der Waals surface area (Å²) in [7, 11) is 0. The molecule has 0 aliphatic heterocycles. The van der Waals surface area contributed by atoms with Crippen molar-refractivity contribution in [2.45, 2.75) is 73.6 Å². The van der Waals surface area contributed by atoms with E-state index in [0.717, 1.165) is 19.3 Å². The molecule has 0 aliphatic carbocycles. The molecule has 0 N–H and O–H groups in total. The molecule has 0 aromatic heterocycles. The number of ether oxygens (including phenoxy) is 2. The third-order valence-corrected chi connectivity index (χ3v) is 3.15. The number of unbranched alkanes of at least 4 members (excludes halogenated alkanes) is 2. The minimum Gasteiger partial charge on any atom is -0.463 e. The number of esters is 2. The Hall–Kier alpha value is -1.32. The molecule has 0 aromatic rings. The molecule has 0 atom stereocenters. The summed E-state index contributed by atoms with van der Waals surface area (Å²) in [6.45, 7) is 12.4. The van der Waals surface area contributed by atoms with Gasteiger partial charge in [0.2, 0.25) is 0 Å². The van der Waals surface area contributed by atoms with E-state index in [-0.39, 0.29) is 11.4 Å². The molecule has 0 heterocycles. The second-order valence-corrected chi connectivity index (χ2v) is 6.59. The summed E-state index contributed by atoms with van der Waals surface area (Å²) in [6, 6.07) is 0. The van der Waals surface area contributed by atoms with Crippen molar-refractivity contribution in [2.75, 3.05) is 13.2 Å². The fourth-order valence-corrected chi connectivity index (χ4v) is 2.20. The first kappa shape index (κ1) is 20.7. The van der Waals surface area contributed by atoms with Gasteiger partial charge in [0.1, 0.15) is 0 Å². The van der Waals surface area contributed by atoms with Gasteiger partial charge in [-0.05, 0) is 38.5 Å². The van der Waals surface area contributed by atoms with Crippen LogP contribution in [0, 0.1) is 5.41 Å². The van der Waals surface area contributed by atoms with E-state index >= 15 is 0 Å². The fraction of sp³-hybridized carbons (Fsp3) is 0.778. The molecule has 0 saturated heterocycles. The van der Waals surface area contributed by atoms with Crippen molar-refractivity contribution in [3.05, 3.63) is 11.1 Å². The van der Waals surface area contributed by atoms with E-state index in [1.807, 2.05) is 20.8 Å². The summed E-state index contributed by atoms with van der Waals surface area (Å²) >= 11 is 0. The van der Waals surface area contributed by atoms with E-state index in [9.17, 15) is 9.59 Å². The van der Waals surface area contributed by atoms with Crippen LogP contribution in [-0.4, -0.2) is 25.2 Å². The Labute approximate surface area is 135 Å². The van der Waals surface area contributed by atoms with Crippen LogP contribution in [0.15, 0.2) is 11.1 Å². The first-order valence-corrected chi connectivity index (χ1v) is 8.33. The van der Waals surface area contributed by atoms with Gasteiger partial charge < -0.3 is 9.47 Å². The Morgan fingerprint density at radius 1 is 0.818 bits per heavy atom. The third kappa shape index (κ3) is 8.20. The van der Waals surface area contributed by atoms with E-state index < -0.39 is 5.97 Å². The van der Waals surface area contributed by atoms with Gasteiger partial charge in [-0.2, -0.15) is 0 Å². The van der Waals surface area contributed by atoms with Gasteiger partial charge >= 0.3 is 11.9 Å². The molecule has 0 bridgehead atoms. The van der Waals surface area contributed by atoms with Crippen molar-refractivity contribution in [1.29, 1.82) is 0 Å². The molecule has 0 saturated carbocycles. The van der Waals surface area contributed by atoms with Crippen LogP contribution in [0.2, 0.25) is 0 Å². The van der Waals surface area contributed by atoms with Crippen LogP contribution in [-0.2, 0) is 19.1 Å². The molecular formula is C18H32O4. The number of hydrogen-bond donors (Lipinski definition) is 0. The number of hydrogen-bond acceptors (Lipinski definition) is 4. The van der Waals surface area contributed by atoms with Crippen LogP contribution in [0.4, 0.5) is 0 Å². The highest BCUT2D eigenvalue weighted by atomic mass is 16.5. The normalized spacial score (nSPS) is 12.6. The standard InChI is InChI=1S/C18H32O4/c1-7-10-11-12-14(16(19)21-8-2)15(13-18(4,5)6)17(20)22-9-3/h7-13H2,1-6H3. The highest BCUT2D eigenvalue weighted by Crippen LogP contribution is 2.29. The zero-order chi connectivity index (χ0) is 17.2. The highest BCUT2D eigenvalue weighted by Gasteiger charge is 2.26. The molecule has 4 heteroatoms. The number of carbonyl (C=O) groups excluding carboxylic acids is 2. The first-order valence-electron chi connectivity index (χ1n) is 8.33. The van der Waals surface area contributed by atoms with Gasteiger partial charge in [0.05, 0.1) is 13.2 Å². The van der Waals surface area contributed by atoms with Crippen LogP contribution in [0.3, 0.4) is 0 Å². The van der Waals surface area contributed by atoms with E-state index in [0.29, 0.717) is 37.2 Å². The van der Waals surface area contributed by atoms with E-state index in [1.165, 1.54) is 0 Å².